The van der Waals surface area contributed by atoms with E-state index < -0.39 is 11.9 Å². The van der Waals surface area contributed by atoms with Gasteiger partial charge in [0.1, 0.15) is 0 Å². The number of nitrogens with one attached hydrogen (secondary N) is 1. The van der Waals surface area contributed by atoms with Crippen LogP contribution in [0.2, 0.25) is 0 Å². The van der Waals surface area contributed by atoms with Crippen LogP contribution in [0.4, 0.5) is 5.69 Å². The van der Waals surface area contributed by atoms with E-state index in [1.165, 1.54) is 23.1 Å². The number of hydrogen-bond donors (Lipinski definition) is 1. The minimum absolute atomic E-state index is 0.206. The van der Waals surface area contributed by atoms with Gasteiger partial charge in [0.05, 0.1) is 11.1 Å². The van der Waals surface area contributed by atoms with Gasteiger partial charge in [-0.1, -0.05) is 26.0 Å². The molecule has 0 saturated heterocycles. The Kier molecular flexibility index (Phi) is 5.77. The first-order valence-electron chi connectivity index (χ1n) is 9.36. The fourth-order valence-electron chi connectivity index (χ4n) is 3.10. The Morgan fingerprint density at radius 3 is 2.28 bits per heavy atom. The summed E-state index contributed by atoms with van der Waals surface area (Å²) in [7, 11) is 0. The summed E-state index contributed by atoms with van der Waals surface area (Å²) in [6.07, 6.45) is 0.509. The molecule has 29 heavy (non-hydrogen) atoms. The van der Waals surface area contributed by atoms with Crippen LogP contribution in [0.5, 0.6) is 0 Å². The number of benzene rings is 2. The molecular formula is C22H21N2O5-. The van der Waals surface area contributed by atoms with Gasteiger partial charge in [-0.2, -0.15) is 0 Å². The molecule has 1 aliphatic heterocycles. The molecule has 2 aromatic rings. The van der Waals surface area contributed by atoms with E-state index in [4.69, 9.17) is 0 Å². The number of carbonyl (C=O) groups is 4. The lowest BCUT2D eigenvalue weighted by atomic mass is 10.1. The Hall–Kier alpha value is -3.48. The van der Waals surface area contributed by atoms with Crippen LogP contribution in [0.15, 0.2) is 42.5 Å². The van der Waals surface area contributed by atoms with Crippen molar-refractivity contribution in [2.24, 2.45) is 5.92 Å². The van der Waals surface area contributed by atoms with Gasteiger partial charge in [-0.15, -0.1) is 0 Å². The van der Waals surface area contributed by atoms with Crippen molar-refractivity contribution in [3.8, 4) is 0 Å². The lowest BCUT2D eigenvalue weighted by Crippen LogP contribution is -2.31. The summed E-state index contributed by atoms with van der Waals surface area (Å²) in [6.45, 7) is 4.39. The third-order valence-electron chi connectivity index (χ3n) is 4.72. The Morgan fingerprint density at radius 2 is 1.66 bits per heavy atom. The van der Waals surface area contributed by atoms with Gasteiger partial charge in [0.15, 0.2) is 0 Å². The van der Waals surface area contributed by atoms with Crippen LogP contribution in [-0.2, 0) is 11.2 Å². The van der Waals surface area contributed by atoms with E-state index >= 15 is 0 Å². The second-order valence-electron chi connectivity index (χ2n) is 7.40. The molecule has 0 aliphatic carbocycles. The molecule has 0 bridgehead atoms. The lowest BCUT2D eigenvalue weighted by Gasteiger charge is -2.14. The highest BCUT2D eigenvalue weighted by Crippen LogP contribution is 2.25. The van der Waals surface area contributed by atoms with E-state index in [9.17, 15) is 24.3 Å². The number of anilines is 1. The summed E-state index contributed by atoms with van der Waals surface area (Å²) in [5, 5.41) is 13.3. The van der Waals surface area contributed by atoms with Crippen molar-refractivity contribution in [2.45, 2.75) is 26.7 Å². The van der Waals surface area contributed by atoms with E-state index in [1.807, 2.05) is 13.8 Å². The number of carboxylic acid groups (broad SMARTS) is 1. The van der Waals surface area contributed by atoms with Gasteiger partial charge < -0.3 is 15.2 Å². The maximum Gasteiger partial charge on any atom is 0.261 e. The van der Waals surface area contributed by atoms with E-state index in [2.05, 4.69) is 5.32 Å². The summed E-state index contributed by atoms with van der Waals surface area (Å²) in [5.41, 5.74) is 1.84. The number of aliphatic carboxylic acids is 1. The molecule has 0 radical (unpaired) electrons. The van der Waals surface area contributed by atoms with Gasteiger partial charge in [-0.05, 0) is 48.2 Å². The molecule has 0 fully saturated rings. The van der Waals surface area contributed by atoms with Crippen LogP contribution in [0.1, 0.15) is 56.9 Å². The molecule has 1 aliphatic rings. The number of nitrogens with zero attached hydrogens (tertiary/aromatic N) is 1. The van der Waals surface area contributed by atoms with Gasteiger partial charge in [-0.25, -0.2) is 0 Å². The Balaban J connectivity index is 1.73. The number of amides is 3. The van der Waals surface area contributed by atoms with E-state index in [1.54, 1.807) is 24.3 Å². The summed E-state index contributed by atoms with van der Waals surface area (Å²) in [4.78, 5) is 49.4. The zero-order valence-electron chi connectivity index (χ0n) is 16.2. The normalized spacial score (nSPS) is 13.0. The van der Waals surface area contributed by atoms with E-state index in [0.717, 1.165) is 0 Å². The van der Waals surface area contributed by atoms with Crippen molar-refractivity contribution in [1.82, 2.24) is 4.90 Å². The molecule has 0 unspecified atom stereocenters. The highest BCUT2D eigenvalue weighted by Gasteiger charge is 2.35. The zero-order chi connectivity index (χ0) is 21.1. The quantitative estimate of drug-likeness (QED) is 0.723. The molecular weight excluding hydrogens is 372 g/mol. The topological polar surface area (TPSA) is 107 Å². The Morgan fingerprint density at radius 1 is 1.00 bits per heavy atom. The van der Waals surface area contributed by atoms with Gasteiger partial charge in [0.25, 0.3) is 17.7 Å². The smallest absolute Gasteiger partial charge is 0.261 e. The molecule has 7 heteroatoms. The molecule has 1 N–H and O–H groups in total. The minimum atomic E-state index is -1.18. The van der Waals surface area contributed by atoms with Crippen LogP contribution in [0.3, 0.4) is 0 Å². The SMILES string of the molecule is CC(C)CCN1C(=O)c2ccc(C(=O)Nc3ccc(CC(=O)[O-])cc3)cc2C1=O. The maximum absolute atomic E-state index is 12.6. The highest BCUT2D eigenvalue weighted by molar-refractivity contribution is 6.22. The third kappa shape index (κ3) is 4.51. The van der Waals surface area contributed by atoms with Crippen LogP contribution >= 0.6 is 0 Å². The van der Waals surface area contributed by atoms with Gasteiger partial charge >= 0.3 is 0 Å². The number of hydrogen-bond acceptors (Lipinski definition) is 5. The Bertz CT molecular complexity index is 979. The second kappa shape index (κ2) is 8.26. The third-order valence-corrected chi connectivity index (χ3v) is 4.72. The average Bonchev–Trinajstić information content (AvgIpc) is 2.91. The number of carboxylic acids is 1. The molecule has 7 nitrogen and oxygen atoms in total. The minimum Gasteiger partial charge on any atom is -0.550 e. The van der Waals surface area contributed by atoms with Gasteiger partial charge in [0, 0.05) is 30.2 Å². The molecule has 0 atom stereocenters. The fourth-order valence-corrected chi connectivity index (χ4v) is 3.10. The first-order chi connectivity index (χ1) is 13.8. The predicted octanol–water partition coefficient (Wildman–Crippen LogP) is 1.87. The van der Waals surface area contributed by atoms with E-state index in [-0.39, 0.29) is 29.4 Å². The molecule has 3 amide bonds. The summed E-state index contributed by atoms with van der Waals surface area (Å²) < 4.78 is 0. The molecule has 0 spiro atoms. The molecule has 0 aromatic heterocycles. The van der Waals surface area contributed by atoms with Crippen LogP contribution in [0, 0.1) is 5.92 Å². The molecule has 3 rings (SSSR count). The van der Waals surface area contributed by atoms with Crippen molar-refractivity contribution in [1.29, 1.82) is 0 Å². The zero-order valence-corrected chi connectivity index (χ0v) is 16.2. The van der Waals surface area contributed by atoms with Crippen molar-refractivity contribution in [2.75, 3.05) is 11.9 Å². The summed E-state index contributed by atoms with van der Waals surface area (Å²) in [5.74, 6) is -1.96. The molecule has 2 aromatic carbocycles. The van der Waals surface area contributed by atoms with Crippen molar-refractivity contribution >= 4 is 29.4 Å². The summed E-state index contributed by atoms with van der Waals surface area (Å²) in [6, 6.07) is 10.8. The van der Waals surface area contributed by atoms with Crippen LogP contribution < -0.4 is 10.4 Å². The fraction of sp³-hybridized carbons (Fsp3) is 0.273. The number of fused-ring (bicyclic) bond motifs is 1. The van der Waals surface area contributed by atoms with Gasteiger partial charge in [-0.3, -0.25) is 19.3 Å². The first kappa shape index (κ1) is 20.3. The van der Waals surface area contributed by atoms with Crippen molar-refractivity contribution in [3.63, 3.8) is 0 Å². The molecule has 1 heterocycles. The second-order valence-corrected chi connectivity index (χ2v) is 7.40. The summed E-state index contributed by atoms with van der Waals surface area (Å²) >= 11 is 0. The average molecular weight is 393 g/mol. The van der Waals surface area contributed by atoms with Crippen LogP contribution in [-0.4, -0.2) is 35.1 Å². The van der Waals surface area contributed by atoms with Crippen molar-refractivity contribution < 1.29 is 24.3 Å². The predicted molar refractivity (Wildman–Crippen MR) is 104 cm³/mol. The largest absolute Gasteiger partial charge is 0.550 e. The van der Waals surface area contributed by atoms with Crippen LogP contribution in [0.25, 0.3) is 0 Å². The number of imide groups is 1. The lowest BCUT2D eigenvalue weighted by molar-refractivity contribution is -0.304. The Labute approximate surface area is 168 Å². The maximum atomic E-state index is 12.6. The standard InChI is InChI=1S/C22H22N2O5/c1-13(2)9-10-24-21(28)17-8-5-15(12-18(17)22(24)29)20(27)23-16-6-3-14(4-7-16)11-19(25)26/h3-8,12-13H,9-11H2,1-2H3,(H,23,27)(H,25,26)/p-1. The van der Waals surface area contributed by atoms with Gasteiger partial charge in [0.2, 0.25) is 0 Å². The molecule has 0 saturated carbocycles. The molecule has 150 valence electrons. The highest BCUT2D eigenvalue weighted by atomic mass is 16.4. The van der Waals surface area contributed by atoms with Crippen molar-refractivity contribution in [3.05, 3.63) is 64.7 Å². The van der Waals surface area contributed by atoms with E-state index in [0.29, 0.717) is 35.7 Å². The monoisotopic (exact) mass is 393 g/mol. The number of carbonyl (C=O) groups excluding carboxylic acids is 4. The number of rotatable bonds is 7. The first-order valence-corrected chi connectivity index (χ1v) is 9.36.